The maximum absolute atomic E-state index is 11.0. The number of amides is 1. The molecule has 0 saturated carbocycles. The fraction of sp³-hybridized carbons (Fsp3) is 0.385. The van der Waals surface area contributed by atoms with E-state index in [1.165, 1.54) is 0 Å². The maximum Gasteiger partial charge on any atom is 0.224 e. The van der Waals surface area contributed by atoms with Crippen molar-refractivity contribution in [2.45, 2.75) is 27.2 Å². The summed E-state index contributed by atoms with van der Waals surface area (Å²) in [7, 11) is 0. The summed E-state index contributed by atoms with van der Waals surface area (Å²) in [5, 5.41) is 2.71. The van der Waals surface area contributed by atoms with Gasteiger partial charge in [0.15, 0.2) is 6.29 Å². The van der Waals surface area contributed by atoms with Gasteiger partial charge in [-0.25, -0.2) is 0 Å². The third-order valence-corrected chi connectivity index (χ3v) is 1.78. The van der Waals surface area contributed by atoms with Crippen LogP contribution in [0.2, 0.25) is 0 Å². The van der Waals surface area contributed by atoms with Crippen molar-refractivity contribution in [2.24, 2.45) is 0 Å². The Balaban J connectivity index is 0.00000121. The van der Waals surface area contributed by atoms with E-state index in [0.29, 0.717) is 18.5 Å². The van der Waals surface area contributed by atoms with Crippen LogP contribution in [0, 0.1) is 0 Å². The van der Waals surface area contributed by atoms with Crippen molar-refractivity contribution in [2.75, 3.05) is 11.9 Å². The van der Waals surface area contributed by atoms with Gasteiger partial charge in [-0.05, 0) is 24.3 Å². The number of hydrogen-bond acceptors (Lipinski definition) is 3. The lowest BCUT2D eigenvalue weighted by molar-refractivity contribution is -0.116. The van der Waals surface area contributed by atoms with Gasteiger partial charge in [0.1, 0.15) is 12.4 Å². The molecule has 0 atom stereocenters. The standard InChI is InChI=1S/C11H13NO3.C2H6/c1-2-11(14)12-9-3-5-10(6-4-9)15-8-7-13;1-2/h3-7H,2,8H2,1H3,(H,12,14);1-2H3. The van der Waals surface area contributed by atoms with Crippen molar-refractivity contribution in [3.8, 4) is 5.75 Å². The van der Waals surface area contributed by atoms with E-state index in [4.69, 9.17) is 4.74 Å². The number of hydrogen-bond donors (Lipinski definition) is 1. The first-order valence-electron chi connectivity index (χ1n) is 5.72. The molecular formula is C13H19NO3. The van der Waals surface area contributed by atoms with Gasteiger partial charge < -0.3 is 10.1 Å². The molecule has 1 aromatic rings. The first-order valence-corrected chi connectivity index (χ1v) is 5.72. The van der Waals surface area contributed by atoms with Crippen LogP contribution >= 0.6 is 0 Å². The Morgan fingerprint density at radius 3 is 2.35 bits per heavy atom. The minimum Gasteiger partial charge on any atom is -0.486 e. The molecule has 0 spiro atoms. The zero-order chi connectivity index (χ0) is 13.1. The molecule has 1 N–H and O–H groups in total. The summed E-state index contributed by atoms with van der Waals surface area (Å²) in [4.78, 5) is 21.1. The molecule has 0 aliphatic heterocycles. The fourth-order valence-corrected chi connectivity index (χ4v) is 1.01. The third kappa shape index (κ3) is 6.35. The van der Waals surface area contributed by atoms with Gasteiger partial charge in [-0.15, -0.1) is 0 Å². The number of benzene rings is 1. The zero-order valence-electron chi connectivity index (χ0n) is 10.5. The van der Waals surface area contributed by atoms with Crippen LogP contribution in [-0.2, 0) is 9.59 Å². The second-order valence-electron chi connectivity index (χ2n) is 2.90. The number of carbonyl (C=O) groups excluding carboxylic acids is 2. The molecule has 4 nitrogen and oxygen atoms in total. The van der Waals surface area contributed by atoms with Gasteiger partial charge in [0.05, 0.1) is 0 Å². The van der Waals surface area contributed by atoms with E-state index in [0.717, 1.165) is 5.69 Å². The van der Waals surface area contributed by atoms with Gasteiger partial charge >= 0.3 is 0 Å². The highest BCUT2D eigenvalue weighted by atomic mass is 16.5. The van der Waals surface area contributed by atoms with E-state index in [2.05, 4.69) is 5.32 Å². The molecule has 1 rings (SSSR count). The second kappa shape index (κ2) is 9.39. The molecule has 0 aliphatic rings. The predicted octanol–water partition coefficient (Wildman–Crippen LogP) is 2.64. The van der Waals surface area contributed by atoms with E-state index >= 15 is 0 Å². The Bertz CT molecular complexity index is 333. The van der Waals surface area contributed by atoms with E-state index in [1.54, 1.807) is 31.2 Å². The number of carbonyl (C=O) groups is 2. The average molecular weight is 237 g/mol. The first-order chi connectivity index (χ1) is 8.26. The summed E-state index contributed by atoms with van der Waals surface area (Å²) in [6.07, 6.45) is 1.14. The lowest BCUT2D eigenvalue weighted by Gasteiger charge is -2.05. The molecule has 0 aliphatic carbocycles. The van der Waals surface area contributed by atoms with Crippen LogP contribution in [-0.4, -0.2) is 18.8 Å². The molecule has 4 heteroatoms. The van der Waals surface area contributed by atoms with Gasteiger partial charge in [-0.1, -0.05) is 20.8 Å². The van der Waals surface area contributed by atoms with Crippen LogP contribution < -0.4 is 10.1 Å². The Hall–Kier alpha value is -1.84. The first kappa shape index (κ1) is 15.2. The van der Waals surface area contributed by atoms with Gasteiger partial charge in [0.2, 0.25) is 5.91 Å². The molecule has 0 bridgehead atoms. The number of ether oxygens (including phenoxy) is 1. The summed E-state index contributed by atoms with van der Waals surface area (Å²) in [5.41, 5.74) is 0.723. The third-order valence-electron chi connectivity index (χ3n) is 1.78. The Labute approximate surface area is 102 Å². The smallest absolute Gasteiger partial charge is 0.224 e. The Morgan fingerprint density at radius 1 is 1.29 bits per heavy atom. The molecule has 94 valence electrons. The van der Waals surface area contributed by atoms with Gasteiger partial charge in [0.25, 0.3) is 0 Å². The molecule has 1 amide bonds. The normalized spacial score (nSPS) is 8.65. The van der Waals surface area contributed by atoms with Gasteiger partial charge in [-0.3, -0.25) is 9.59 Å². The largest absolute Gasteiger partial charge is 0.486 e. The number of aldehydes is 1. The number of nitrogens with one attached hydrogen (secondary N) is 1. The van der Waals surface area contributed by atoms with Crippen molar-refractivity contribution >= 4 is 17.9 Å². The van der Waals surface area contributed by atoms with Crippen molar-refractivity contribution in [3.05, 3.63) is 24.3 Å². The van der Waals surface area contributed by atoms with Crippen molar-refractivity contribution in [1.29, 1.82) is 0 Å². The number of rotatable bonds is 5. The monoisotopic (exact) mass is 237 g/mol. The topological polar surface area (TPSA) is 55.4 Å². The maximum atomic E-state index is 11.0. The van der Waals surface area contributed by atoms with Crippen LogP contribution in [0.15, 0.2) is 24.3 Å². The molecule has 1 aromatic carbocycles. The summed E-state index contributed by atoms with van der Waals surface area (Å²) < 4.78 is 5.06. The minimum atomic E-state index is -0.0310. The van der Waals surface area contributed by atoms with Crippen molar-refractivity contribution in [3.63, 3.8) is 0 Å². The molecule has 0 radical (unpaired) electrons. The van der Waals surface area contributed by atoms with Crippen molar-refractivity contribution in [1.82, 2.24) is 0 Å². The predicted molar refractivity (Wildman–Crippen MR) is 68.3 cm³/mol. The number of anilines is 1. The van der Waals surface area contributed by atoms with Crippen LogP contribution in [0.5, 0.6) is 5.75 Å². The second-order valence-corrected chi connectivity index (χ2v) is 2.90. The van der Waals surface area contributed by atoms with E-state index in [9.17, 15) is 9.59 Å². The average Bonchev–Trinajstić information content (AvgIpc) is 2.40. The van der Waals surface area contributed by atoms with Crippen LogP contribution in [0.25, 0.3) is 0 Å². The lowest BCUT2D eigenvalue weighted by atomic mass is 10.3. The SMILES string of the molecule is CC.CCC(=O)Nc1ccc(OCC=O)cc1. The summed E-state index contributed by atoms with van der Waals surface area (Å²) in [5.74, 6) is 0.577. The molecule has 17 heavy (non-hydrogen) atoms. The molecule has 0 unspecified atom stereocenters. The van der Waals surface area contributed by atoms with E-state index in [-0.39, 0.29) is 12.5 Å². The molecule has 0 saturated heterocycles. The summed E-state index contributed by atoms with van der Waals surface area (Å²) in [6.45, 7) is 5.83. The van der Waals surface area contributed by atoms with Crippen molar-refractivity contribution < 1.29 is 14.3 Å². The highest BCUT2D eigenvalue weighted by Crippen LogP contribution is 2.15. The summed E-state index contributed by atoms with van der Waals surface area (Å²) in [6, 6.07) is 6.87. The molecule has 0 fully saturated rings. The fourth-order valence-electron chi connectivity index (χ4n) is 1.01. The van der Waals surface area contributed by atoms with Crippen LogP contribution in [0.3, 0.4) is 0 Å². The highest BCUT2D eigenvalue weighted by molar-refractivity contribution is 5.90. The van der Waals surface area contributed by atoms with Gasteiger partial charge in [-0.2, -0.15) is 0 Å². The zero-order valence-corrected chi connectivity index (χ0v) is 10.5. The molecule has 0 heterocycles. The Morgan fingerprint density at radius 2 is 1.88 bits per heavy atom. The van der Waals surface area contributed by atoms with Crippen LogP contribution in [0.1, 0.15) is 27.2 Å². The Kier molecular flexibility index (Phi) is 8.37. The van der Waals surface area contributed by atoms with Crippen LogP contribution in [0.4, 0.5) is 5.69 Å². The lowest BCUT2D eigenvalue weighted by Crippen LogP contribution is -2.09. The molecular weight excluding hydrogens is 218 g/mol. The van der Waals surface area contributed by atoms with Gasteiger partial charge in [0, 0.05) is 12.1 Å². The summed E-state index contributed by atoms with van der Waals surface area (Å²) >= 11 is 0. The van der Waals surface area contributed by atoms with E-state index < -0.39 is 0 Å². The quantitative estimate of drug-likeness (QED) is 0.801. The van der Waals surface area contributed by atoms with E-state index in [1.807, 2.05) is 13.8 Å². The highest BCUT2D eigenvalue weighted by Gasteiger charge is 1.98. The molecule has 0 aromatic heterocycles. The minimum absolute atomic E-state index is 0.0310.